The summed E-state index contributed by atoms with van der Waals surface area (Å²) in [6.07, 6.45) is 10.9. The third-order valence-corrected chi connectivity index (χ3v) is 3.69. The second kappa shape index (κ2) is 33.5. The van der Waals surface area contributed by atoms with E-state index in [0.717, 1.165) is 11.8 Å². The van der Waals surface area contributed by atoms with Crippen LogP contribution >= 0.6 is 0 Å². The van der Waals surface area contributed by atoms with Crippen molar-refractivity contribution in [3.8, 4) is 0 Å². The maximum atomic E-state index is 3.32. The molecule has 1 fully saturated rings. The van der Waals surface area contributed by atoms with Crippen LogP contribution < -0.4 is 5.32 Å². The van der Waals surface area contributed by atoms with Gasteiger partial charge in [0.05, 0.1) is 0 Å². The van der Waals surface area contributed by atoms with Crippen LogP contribution in [0.4, 0.5) is 0 Å². The average Bonchev–Trinajstić information content (AvgIpc) is 2.60. The zero-order chi connectivity index (χ0) is 18.9. The molecule has 1 N–H and O–H groups in total. The monoisotopic (exact) mass is 331 g/mol. The second-order valence-corrected chi connectivity index (χ2v) is 6.12. The SMILES string of the molecule is CC.CC.CC1CCNCC1.CCCC.CCCC(C)CCC. The summed E-state index contributed by atoms with van der Waals surface area (Å²) in [5.41, 5.74) is 0. The van der Waals surface area contributed by atoms with Crippen molar-refractivity contribution in [2.75, 3.05) is 13.1 Å². The third kappa shape index (κ3) is 39.1. The molecule has 0 aromatic heterocycles. The van der Waals surface area contributed by atoms with Crippen molar-refractivity contribution < 1.29 is 0 Å². The van der Waals surface area contributed by atoms with Gasteiger partial charge in [-0.05, 0) is 37.8 Å². The first-order chi connectivity index (χ1) is 11.1. The highest BCUT2D eigenvalue weighted by Gasteiger charge is 2.05. The van der Waals surface area contributed by atoms with Gasteiger partial charge in [-0.3, -0.25) is 0 Å². The zero-order valence-corrected chi connectivity index (χ0v) is 18.7. The Morgan fingerprint density at radius 2 is 1.09 bits per heavy atom. The van der Waals surface area contributed by atoms with Gasteiger partial charge in [0.2, 0.25) is 0 Å². The Labute approximate surface area is 151 Å². The largest absolute Gasteiger partial charge is 0.317 e. The summed E-state index contributed by atoms with van der Waals surface area (Å²) < 4.78 is 0. The lowest BCUT2D eigenvalue weighted by Crippen LogP contribution is -2.26. The van der Waals surface area contributed by atoms with Gasteiger partial charge in [0.15, 0.2) is 0 Å². The molecule has 0 radical (unpaired) electrons. The molecule has 1 aliphatic heterocycles. The summed E-state index contributed by atoms with van der Waals surface area (Å²) in [5, 5.41) is 3.32. The first-order valence-electron chi connectivity index (χ1n) is 10.8. The zero-order valence-electron chi connectivity index (χ0n) is 18.7. The van der Waals surface area contributed by atoms with E-state index in [9.17, 15) is 0 Å². The van der Waals surface area contributed by atoms with Crippen LogP contribution in [0.25, 0.3) is 0 Å². The van der Waals surface area contributed by atoms with Crippen molar-refractivity contribution in [2.45, 2.75) is 121 Å². The molecular formula is C22H53N. The molecule has 1 saturated heterocycles. The van der Waals surface area contributed by atoms with E-state index in [1.54, 1.807) is 0 Å². The van der Waals surface area contributed by atoms with Gasteiger partial charge >= 0.3 is 0 Å². The van der Waals surface area contributed by atoms with Gasteiger partial charge in [-0.2, -0.15) is 0 Å². The van der Waals surface area contributed by atoms with Crippen LogP contribution in [0, 0.1) is 11.8 Å². The summed E-state index contributed by atoms with van der Waals surface area (Å²) in [7, 11) is 0. The Morgan fingerprint density at radius 3 is 1.26 bits per heavy atom. The highest BCUT2D eigenvalue weighted by Crippen LogP contribution is 2.10. The molecule has 1 rings (SSSR count). The van der Waals surface area contributed by atoms with Crippen LogP contribution in [0.5, 0.6) is 0 Å². The topological polar surface area (TPSA) is 12.0 Å². The van der Waals surface area contributed by atoms with Crippen LogP contribution in [0.15, 0.2) is 0 Å². The maximum Gasteiger partial charge on any atom is -0.00464 e. The quantitative estimate of drug-likeness (QED) is 0.536. The molecule has 0 amide bonds. The minimum atomic E-state index is 0.963. The number of rotatable bonds is 5. The van der Waals surface area contributed by atoms with Crippen LogP contribution in [-0.4, -0.2) is 13.1 Å². The van der Waals surface area contributed by atoms with E-state index in [1.165, 1.54) is 64.5 Å². The fourth-order valence-electron chi connectivity index (χ4n) is 2.10. The molecule has 0 atom stereocenters. The fourth-order valence-corrected chi connectivity index (χ4v) is 2.10. The lowest BCUT2D eigenvalue weighted by Gasteiger charge is -2.17. The van der Waals surface area contributed by atoms with Gasteiger partial charge in [0.25, 0.3) is 0 Å². The Bertz CT molecular complexity index is 131. The Balaban J connectivity index is -0.000000110. The Hall–Kier alpha value is -0.0400. The highest BCUT2D eigenvalue weighted by molar-refractivity contribution is 4.62. The fraction of sp³-hybridized carbons (Fsp3) is 1.00. The first-order valence-corrected chi connectivity index (χ1v) is 10.8. The van der Waals surface area contributed by atoms with E-state index < -0.39 is 0 Å². The van der Waals surface area contributed by atoms with Crippen LogP contribution in [0.2, 0.25) is 0 Å². The molecule has 146 valence electrons. The van der Waals surface area contributed by atoms with Crippen molar-refractivity contribution in [3.05, 3.63) is 0 Å². The summed E-state index contributed by atoms with van der Waals surface area (Å²) in [6.45, 7) is 24.0. The van der Waals surface area contributed by atoms with Crippen LogP contribution in [0.3, 0.4) is 0 Å². The number of hydrogen-bond acceptors (Lipinski definition) is 1. The summed E-state index contributed by atoms with van der Waals surface area (Å²) >= 11 is 0. The van der Waals surface area contributed by atoms with Gasteiger partial charge in [-0.15, -0.1) is 0 Å². The van der Waals surface area contributed by atoms with E-state index in [2.05, 4.69) is 46.9 Å². The summed E-state index contributed by atoms with van der Waals surface area (Å²) in [6, 6.07) is 0. The Morgan fingerprint density at radius 1 is 0.739 bits per heavy atom. The van der Waals surface area contributed by atoms with E-state index in [-0.39, 0.29) is 0 Å². The predicted octanol–water partition coefficient (Wildman–Crippen LogP) is 8.09. The van der Waals surface area contributed by atoms with Crippen LogP contribution in [0.1, 0.15) is 121 Å². The van der Waals surface area contributed by atoms with Crippen molar-refractivity contribution in [3.63, 3.8) is 0 Å². The maximum absolute atomic E-state index is 3.32. The van der Waals surface area contributed by atoms with Crippen molar-refractivity contribution in [1.82, 2.24) is 5.32 Å². The van der Waals surface area contributed by atoms with Gasteiger partial charge in [-0.1, -0.05) is 108 Å². The number of unbranched alkanes of at least 4 members (excludes halogenated alkanes) is 1. The molecule has 1 nitrogen and oxygen atoms in total. The standard InChI is InChI=1S/C8H18.C6H13N.C4H10.2C2H6/c1-4-6-8(3)7-5-2;1-6-2-4-7-5-3-6;1-3-4-2;2*1-2/h8H,4-7H2,1-3H3;6-7H,2-5H2,1H3;3-4H2,1-2H3;2*1-2H3. The predicted molar refractivity (Wildman–Crippen MR) is 114 cm³/mol. The molecule has 0 bridgehead atoms. The molecule has 0 unspecified atom stereocenters. The molecular weight excluding hydrogens is 278 g/mol. The molecule has 0 aromatic carbocycles. The third-order valence-electron chi connectivity index (χ3n) is 3.69. The minimum Gasteiger partial charge on any atom is -0.317 e. The number of nitrogens with one attached hydrogen (secondary N) is 1. The minimum absolute atomic E-state index is 0.963. The lowest BCUT2D eigenvalue weighted by atomic mass is 10.0. The van der Waals surface area contributed by atoms with E-state index in [1.807, 2.05) is 27.7 Å². The normalized spacial score (nSPS) is 13.2. The van der Waals surface area contributed by atoms with Gasteiger partial charge in [-0.25, -0.2) is 0 Å². The van der Waals surface area contributed by atoms with E-state index >= 15 is 0 Å². The molecule has 0 spiro atoms. The van der Waals surface area contributed by atoms with E-state index in [4.69, 9.17) is 0 Å². The average molecular weight is 332 g/mol. The smallest absolute Gasteiger partial charge is 0.00464 e. The van der Waals surface area contributed by atoms with Gasteiger partial charge in [0, 0.05) is 0 Å². The molecule has 0 aromatic rings. The molecule has 23 heavy (non-hydrogen) atoms. The number of piperidine rings is 1. The molecule has 1 aliphatic rings. The molecule has 0 aliphatic carbocycles. The lowest BCUT2D eigenvalue weighted by molar-refractivity contribution is 0.402. The number of hydrogen-bond donors (Lipinski definition) is 1. The van der Waals surface area contributed by atoms with Crippen LogP contribution in [-0.2, 0) is 0 Å². The second-order valence-electron chi connectivity index (χ2n) is 6.12. The Kier molecular flexibility index (Phi) is 44.9. The molecule has 1 heteroatoms. The summed E-state index contributed by atoms with van der Waals surface area (Å²) in [4.78, 5) is 0. The van der Waals surface area contributed by atoms with Crippen molar-refractivity contribution in [1.29, 1.82) is 0 Å². The molecule has 0 saturated carbocycles. The van der Waals surface area contributed by atoms with E-state index in [0.29, 0.717) is 0 Å². The van der Waals surface area contributed by atoms with Gasteiger partial charge < -0.3 is 5.32 Å². The highest BCUT2D eigenvalue weighted by atomic mass is 14.9. The van der Waals surface area contributed by atoms with Crippen molar-refractivity contribution >= 4 is 0 Å². The van der Waals surface area contributed by atoms with Crippen molar-refractivity contribution in [2.24, 2.45) is 11.8 Å². The summed E-state index contributed by atoms with van der Waals surface area (Å²) in [5.74, 6) is 1.94. The first kappa shape index (κ1) is 30.8. The van der Waals surface area contributed by atoms with Gasteiger partial charge in [0.1, 0.15) is 0 Å². The molecule has 1 heterocycles.